The first-order chi connectivity index (χ1) is 15.0. The lowest BCUT2D eigenvalue weighted by Crippen LogP contribution is -2.00. The Labute approximate surface area is 176 Å². The highest BCUT2D eigenvalue weighted by molar-refractivity contribution is 7.90. The van der Waals surface area contributed by atoms with E-state index in [0.29, 0.717) is 16.9 Å². The van der Waals surface area contributed by atoms with Gasteiger partial charge in [-0.15, -0.1) is 0 Å². The molecule has 0 aliphatic carbocycles. The average molecular weight is 432 g/mol. The second kappa shape index (κ2) is 7.29. The molecule has 154 valence electrons. The van der Waals surface area contributed by atoms with Crippen molar-refractivity contribution in [1.82, 2.24) is 29.7 Å². The molecule has 0 aliphatic rings. The van der Waals surface area contributed by atoms with Crippen molar-refractivity contribution in [2.24, 2.45) is 5.10 Å². The highest BCUT2D eigenvalue weighted by Gasteiger charge is 2.13. The van der Waals surface area contributed by atoms with Gasteiger partial charge in [-0.2, -0.15) is 10.2 Å². The SMILES string of the molecule is CS(=O)(=O)c1ccc(C=NNc2ncnc3c2cnn3-c2cccc3[nH]cnc23)cc1. The van der Waals surface area contributed by atoms with Crippen molar-refractivity contribution in [3.05, 3.63) is 66.9 Å². The summed E-state index contributed by atoms with van der Waals surface area (Å²) in [5.41, 5.74) is 6.75. The second-order valence-corrected chi connectivity index (χ2v) is 8.82. The van der Waals surface area contributed by atoms with Crippen LogP contribution in [0.15, 0.2) is 71.3 Å². The molecule has 5 aromatic rings. The largest absolute Gasteiger partial charge is 0.345 e. The maximum absolute atomic E-state index is 11.6. The summed E-state index contributed by atoms with van der Waals surface area (Å²) < 4.78 is 24.8. The van der Waals surface area contributed by atoms with Gasteiger partial charge in [0.05, 0.1) is 40.2 Å². The maximum atomic E-state index is 11.6. The Morgan fingerprint density at radius 1 is 1.10 bits per heavy atom. The van der Waals surface area contributed by atoms with E-state index in [1.807, 2.05) is 18.2 Å². The fraction of sp³-hybridized carbons (Fsp3) is 0.0500. The summed E-state index contributed by atoms with van der Waals surface area (Å²) in [6.07, 6.45) is 7.49. The second-order valence-electron chi connectivity index (χ2n) is 6.80. The minimum absolute atomic E-state index is 0.259. The molecule has 31 heavy (non-hydrogen) atoms. The van der Waals surface area contributed by atoms with Gasteiger partial charge in [-0.1, -0.05) is 18.2 Å². The topological polar surface area (TPSA) is 131 Å². The molecule has 0 aliphatic heterocycles. The molecule has 11 heteroatoms. The zero-order valence-corrected chi connectivity index (χ0v) is 17.1. The number of nitrogens with zero attached hydrogens (tertiary/aromatic N) is 6. The summed E-state index contributed by atoms with van der Waals surface area (Å²) in [6, 6.07) is 12.2. The van der Waals surface area contributed by atoms with Gasteiger partial charge in [-0.05, 0) is 29.8 Å². The van der Waals surface area contributed by atoms with Gasteiger partial charge >= 0.3 is 0 Å². The molecule has 10 nitrogen and oxygen atoms in total. The first kappa shape index (κ1) is 18.9. The number of anilines is 1. The standard InChI is InChI=1S/C20H16N8O2S/c1-31(29,30)14-7-5-13(6-8-14)9-25-27-19-15-10-26-28(20(15)24-12-23-19)17-4-2-3-16-18(17)22-11-21-16/h2-12H,1H3,(H,21,22)(H,23,24,27). The summed E-state index contributed by atoms with van der Waals surface area (Å²) in [5.74, 6) is 0.495. The predicted molar refractivity (Wildman–Crippen MR) is 117 cm³/mol. The van der Waals surface area contributed by atoms with Crippen molar-refractivity contribution in [2.45, 2.75) is 4.90 Å². The van der Waals surface area contributed by atoms with E-state index in [1.54, 1.807) is 47.7 Å². The number of aromatic nitrogens is 6. The summed E-state index contributed by atoms with van der Waals surface area (Å²) in [7, 11) is -3.23. The molecular formula is C20H16N8O2S. The fourth-order valence-electron chi connectivity index (χ4n) is 3.20. The third-order valence-corrected chi connectivity index (χ3v) is 5.84. The van der Waals surface area contributed by atoms with Crippen LogP contribution in [0, 0.1) is 0 Å². The molecular weight excluding hydrogens is 416 g/mol. The Hall–Kier alpha value is -4.12. The fourth-order valence-corrected chi connectivity index (χ4v) is 3.83. The van der Waals surface area contributed by atoms with Crippen molar-refractivity contribution in [3.8, 4) is 5.69 Å². The van der Waals surface area contributed by atoms with E-state index in [9.17, 15) is 8.42 Å². The molecule has 3 heterocycles. The Balaban J connectivity index is 1.44. The van der Waals surface area contributed by atoms with E-state index in [1.165, 1.54) is 12.6 Å². The van der Waals surface area contributed by atoms with E-state index >= 15 is 0 Å². The smallest absolute Gasteiger partial charge is 0.175 e. The summed E-state index contributed by atoms with van der Waals surface area (Å²) >= 11 is 0. The molecule has 0 radical (unpaired) electrons. The number of hydrazone groups is 1. The van der Waals surface area contributed by atoms with Crippen molar-refractivity contribution >= 4 is 43.9 Å². The highest BCUT2D eigenvalue weighted by Crippen LogP contribution is 2.25. The molecule has 0 spiro atoms. The molecule has 0 fully saturated rings. The van der Waals surface area contributed by atoms with Gasteiger partial charge in [-0.3, -0.25) is 5.43 Å². The third kappa shape index (κ3) is 3.51. The first-order valence-corrected chi connectivity index (χ1v) is 11.1. The zero-order valence-electron chi connectivity index (χ0n) is 16.3. The normalized spacial score (nSPS) is 12.2. The van der Waals surface area contributed by atoms with E-state index in [2.05, 4.69) is 35.6 Å². The Bertz CT molecular complexity index is 1530. The van der Waals surface area contributed by atoms with Crippen molar-refractivity contribution in [3.63, 3.8) is 0 Å². The molecule has 2 N–H and O–H groups in total. The minimum atomic E-state index is -3.23. The number of imidazole rings is 1. The zero-order chi connectivity index (χ0) is 21.4. The number of benzene rings is 2. The van der Waals surface area contributed by atoms with Crippen molar-refractivity contribution < 1.29 is 8.42 Å². The molecule has 3 aromatic heterocycles. The Morgan fingerprint density at radius 2 is 1.94 bits per heavy atom. The molecule has 0 atom stereocenters. The Kier molecular flexibility index (Phi) is 4.44. The van der Waals surface area contributed by atoms with Crippen molar-refractivity contribution in [2.75, 3.05) is 11.7 Å². The van der Waals surface area contributed by atoms with Gasteiger partial charge in [0.25, 0.3) is 0 Å². The molecule has 0 amide bonds. The first-order valence-electron chi connectivity index (χ1n) is 9.21. The van der Waals surface area contributed by atoms with E-state index in [0.717, 1.165) is 22.3 Å². The van der Waals surface area contributed by atoms with Crippen LogP contribution in [0.5, 0.6) is 0 Å². The van der Waals surface area contributed by atoms with Gasteiger partial charge in [-0.25, -0.2) is 28.1 Å². The monoisotopic (exact) mass is 432 g/mol. The number of aromatic amines is 1. The highest BCUT2D eigenvalue weighted by atomic mass is 32.2. The maximum Gasteiger partial charge on any atom is 0.175 e. The minimum Gasteiger partial charge on any atom is -0.345 e. The van der Waals surface area contributed by atoms with Gasteiger partial charge in [0.1, 0.15) is 11.8 Å². The average Bonchev–Trinajstić information content (AvgIpc) is 3.41. The van der Waals surface area contributed by atoms with E-state index in [4.69, 9.17) is 0 Å². The lowest BCUT2D eigenvalue weighted by Gasteiger charge is -2.05. The molecule has 0 bridgehead atoms. The number of hydrogen-bond acceptors (Lipinski definition) is 8. The third-order valence-electron chi connectivity index (χ3n) is 4.71. The number of H-pyrrole nitrogens is 1. The van der Waals surface area contributed by atoms with Gasteiger partial charge < -0.3 is 4.98 Å². The van der Waals surface area contributed by atoms with E-state index in [-0.39, 0.29) is 4.90 Å². The van der Waals surface area contributed by atoms with Gasteiger partial charge in [0.2, 0.25) is 0 Å². The number of para-hydroxylation sites is 1. The molecule has 2 aromatic carbocycles. The summed E-state index contributed by atoms with van der Waals surface area (Å²) in [4.78, 5) is 16.3. The number of nitrogens with one attached hydrogen (secondary N) is 2. The van der Waals surface area contributed by atoms with Crippen LogP contribution in [-0.2, 0) is 9.84 Å². The van der Waals surface area contributed by atoms with Gasteiger partial charge in [0, 0.05) is 6.26 Å². The number of rotatable bonds is 5. The van der Waals surface area contributed by atoms with Crippen LogP contribution in [0.25, 0.3) is 27.8 Å². The number of sulfone groups is 1. The molecule has 5 rings (SSSR count). The number of hydrogen-bond donors (Lipinski definition) is 2. The predicted octanol–water partition coefficient (Wildman–Crippen LogP) is 2.54. The summed E-state index contributed by atoms with van der Waals surface area (Å²) in [6.45, 7) is 0. The van der Waals surface area contributed by atoms with Crippen molar-refractivity contribution in [1.29, 1.82) is 0 Å². The quantitative estimate of drug-likeness (QED) is 0.322. The lowest BCUT2D eigenvalue weighted by molar-refractivity contribution is 0.602. The van der Waals surface area contributed by atoms with Crippen LogP contribution in [0.2, 0.25) is 0 Å². The van der Waals surface area contributed by atoms with Crippen LogP contribution in [0.4, 0.5) is 5.82 Å². The molecule has 0 saturated heterocycles. The van der Waals surface area contributed by atoms with Crippen LogP contribution < -0.4 is 5.43 Å². The molecule has 0 saturated carbocycles. The molecule has 0 unspecified atom stereocenters. The van der Waals surface area contributed by atoms with Crippen LogP contribution in [0.3, 0.4) is 0 Å². The van der Waals surface area contributed by atoms with Gasteiger partial charge in [0.15, 0.2) is 21.3 Å². The van der Waals surface area contributed by atoms with Crippen LogP contribution in [0.1, 0.15) is 5.56 Å². The number of fused-ring (bicyclic) bond motifs is 2. The summed E-state index contributed by atoms with van der Waals surface area (Å²) in [5, 5.41) is 9.37. The van der Waals surface area contributed by atoms with E-state index < -0.39 is 9.84 Å². The van der Waals surface area contributed by atoms with Crippen LogP contribution >= 0.6 is 0 Å². The van der Waals surface area contributed by atoms with Crippen LogP contribution in [-0.4, -0.2) is 50.6 Å². The Morgan fingerprint density at radius 3 is 2.74 bits per heavy atom. The lowest BCUT2D eigenvalue weighted by atomic mass is 10.2.